The van der Waals surface area contributed by atoms with E-state index in [1.54, 1.807) is 15.9 Å². The van der Waals surface area contributed by atoms with Crippen LogP contribution in [-0.2, 0) is 4.74 Å². The Morgan fingerprint density at radius 3 is 2.82 bits per heavy atom. The highest BCUT2D eigenvalue weighted by Crippen LogP contribution is 2.25. The van der Waals surface area contributed by atoms with Crippen molar-refractivity contribution in [3.05, 3.63) is 24.3 Å². The van der Waals surface area contributed by atoms with E-state index in [1.165, 1.54) is 0 Å². The van der Waals surface area contributed by atoms with Crippen LogP contribution in [0.4, 0.5) is 19.3 Å². The zero-order chi connectivity index (χ0) is 19.8. The van der Waals surface area contributed by atoms with E-state index < -0.39 is 6.43 Å². The van der Waals surface area contributed by atoms with E-state index >= 15 is 0 Å². The van der Waals surface area contributed by atoms with Gasteiger partial charge in [0.15, 0.2) is 0 Å². The molecule has 1 unspecified atom stereocenters. The number of urea groups is 1. The molecule has 1 atom stereocenters. The summed E-state index contributed by atoms with van der Waals surface area (Å²) >= 11 is 0. The van der Waals surface area contributed by atoms with E-state index in [0.29, 0.717) is 50.6 Å². The molecule has 6 nitrogen and oxygen atoms in total. The van der Waals surface area contributed by atoms with Gasteiger partial charge in [-0.15, -0.1) is 0 Å². The number of anilines is 1. The Morgan fingerprint density at radius 2 is 2.04 bits per heavy atom. The van der Waals surface area contributed by atoms with Crippen LogP contribution in [0.2, 0.25) is 0 Å². The molecule has 2 aliphatic rings. The van der Waals surface area contributed by atoms with Gasteiger partial charge in [-0.2, -0.15) is 0 Å². The van der Waals surface area contributed by atoms with Crippen molar-refractivity contribution in [2.45, 2.75) is 38.2 Å². The van der Waals surface area contributed by atoms with E-state index in [2.05, 4.69) is 5.32 Å². The van der Waals surface area contributed by atoms with Crippen LogP contribution in [0.5, 0.6) is 5.75 Å². The smallest absolute Gasteiger partial charge is 0.321 e. The number of carbonyl (C=O) groups is 1. The summed E-state index contributed by atoms with van der Waals surface area (Å²) in [4.78, 5) is 16.1. The Labute approximate surface area is 164 Å². The van der Waals surface area contributed by atoms with Crippen molar-refractivity contribution in [2.24, 2.45) is 0 Å². The van der Waals surface area contributed by atoms with Crippen molar-refractivity contribution in [1.82, 2.24) is 9.80 Å². The first kappa shape index (κ1) is 20.8. The molecular formula is C20H29F2N3O3. The first-order valence-corrected chi connectivity index (χ1v) is 10.0. The second kappa shape index (κ2) is 10.6. The minimum Gasteiger partial charge on any atom is -0.489 e. The number of carbonyl (C=O) groups excluding carboxylic acids is 1. The van der Waals surface area contributed by atoms with Crippen LogP contribution in [0.25, 0.3) is 0 Å². The zero-order valence-corrected chi connectivity index (χ0v) is 16.1. The molecule has 2 amide bonds. The molecule has 1 N–H and O–H groups in total. The summed E-state index contributed by atoms with van der Waals surface area (Å²) in [5, 5.41) is 2.91. The third-order valence-corrected chi connectivity index (χ3v) is 5.10. The fourth-order valence-corrected chi connectivity index (χ4v) is 3.56. The van der Waals surface area contributed by atoms with Crippen molar-refractivity contribution in [3.63, 3.8) is 0 Å². The largest absolute Gasteiger partial charge is 0.489 e. The van der Waals surface area contributed by atoms with Gasteiger partial charge in [-0.3, -0.25) is 4.90 Å². The maximum atomic E-state index is 12.7. The van der Waals surface area contributed by atoms with Gasteiger partial charge in [-0.25, -0.2) is 13.6 Å². The summed E-state index contributed by atoms with van der Waals surface area (Å²) in [5.74, 6) is 0.610. The predicted molar refractivity (Wildman–Crippen MR) is 103 cm³/mol. The minimum absolute atomic E-state index is 0.0870. The molecule has 8 heteroatoms. The molecule has 1 aromatic rings. The molecule has 156 valence electrons. The average molecular weight is 397 g/mol. The molecule has 1 aromatic carbocycles. The lowest BCUT2D eigenvalue weighted by atomic mass is 10.1. The first-order chi connectivity index (χ1) is 13.6. The van der Waals surface area contributed by atoms with Gasteiger partial charge in [-0.1, -0.05) is 12.1 Å². The number of hydrogen-bond donors (Lipinski definition) is 1. The molecular weight excluding hydrogens is 368 g/mol. The minimum atomic E-state index is -2.35. The third kappa shape index (κ3) is 6.31. The average Bonchev–Trinajstić information content (AvgIpc) is 2.93. The number of rotatable bonds is 6. The van der Waals surface area contributed by atoms with Gasteiger partial charge in [0.05, 0.1) is 18.3 Å². The predicted octanol–water partition coefficient (Wildman–Crippen LogP) is 3.44. The standard InChI is InChI=1S/C20H29F2N3O3/c21-19(22)14-24-9-5-10-25(12-11-24)20(26)23-17-7-1-2-8-18(17)28-15-16-6-3-4-13-27-16/h1-2,7-8,16,19H,3-6,9-15H2,(H,23,26). The number of nitrogens with zero attached hydrogens (tertiary/aromatic N) is 2. The van der Waals surface area contributed by atoms with Gasteiger partial charge in [0.25, 0.3) is 6.43 Å². The quantitative estimate of drug-likeness (QED) is 0.799. The molecule has 0 aliphatic carbocycles. The van der Waals surface area contributed by atoms with Gasteiger partial charge in [0.1, 0.15) is 12.4 Å². The molecule has 0 radical (unpaired) electrons. The van der Waals surface area contributed by atoms with Gasteiger partial charge in [0.2, 0.25) is 0 Å². The zero-order valence-electron chi connectivity index (χ0n) is 16.1. The highest BCUT2D eigenvalue weighted by atomic mass is 19.3. The first-order valence-electron chi connectivity index (χ1n) is 10.0. The van der Waals surface area contributed by atoms with E-state index in [4.69, 9.17) is 9.47 Å². The molecule has 2 saturated heterocycles. The fourth-order valence-electron chi connectivity index (χ4n) is 3.56. The Kier molecular flexibility index (Phi) is 7.85. The number of nitrogens with one attached hydrogen (secondary N) is 1. The van der Waals surface area contributed by atoms with Gasteiger partial charge in [0, 0.05) is 32.8 Å². The van der Waals surface area contributed by atoms with E-state index in [-0.39, 0.29) is 18.7 Å². The summed E-state index contributed by atoms with van der Waals surface area (Å²) in [7, 11) is 0. The maximum absolute atomic E-state index is 12.7. The molecule has 3 rings (SSSR count). The second-order valence-electron chi connectivity index (χ2n) is 7.26. The van der Waals surface area contributed by atoms with Crippen LogP contribution in [0.3, 0.4) is 0 Å². The maximum Gasteiger partial charge on any atom is 0.321 e. The fraction of sp³-hybridized carbons (Fsp3) is 0.650. The van der Waals surface area contributed by atoms with Crippen LogP contribution in [0.15, 0.2) is 24.3 Å². The Hall–Kier alpha value is -1.93. The van der Waals surface area contributed by atoms with Crippen LogP contribution in [-0.4, -0.2) is 74.3 Å². The summed E-state index contributed by atoms with van der Waals surface area (Å²) < 4.78 is 36.8. The van der Waals surface area contributed by atoms with Crippen LogP contribution < -0.4 is 10.1 Å². The molecule has 0 spiro atoms. The summed E-state index contributed by atoms with van der Waals surface area (Å²) in [6, 6.07) is 7.10. The lowest BCUT2D eigenvalue weighted by molar-refractivity contribution is -0.0109. The number of ether oxygens (including phenoxy) is 2. The Balaban J connectivity index is 1.53. The number of benzene rings is 1. The lowest BCUT2D eigenvalue weighted by Crippen LogP contribution is -2.38. The monoisotopic (exact) mass is 397 g/mol. The molecule has 2 fully saturated rings. The molecule has 0 bridgehead atoms. The van der Waals surface area contributed by atoms with Crippen molar-refractivity contribution in [1.29, 1.82) is 0 Å². The Bertz CT molecular complexity index is 626. The SMILES string of the molecule is O=C(Nc1ccccc1OCC1CCCCO1)N1CCCN(CC(F)F)CC1. The molecule has 2 aliphatic heterocycles. The van der Waals surface area contributed by atoms with E-state index in [9.17, 15) is 13.6 Å². The van der Waals surface area contributed by atoms with E-state index in [0.717, 1.165) is 25.9 Å². The van der Waals surface area contributed by atoms with Crippen LogP contribution >= 0.6 is 0 Å². The Morgan fingerprint density at radius 1 is 1.18 bits per heavy atom. The van der Waals surface area contributed by atoms with Crippen molar-refractivity contribution in [3.8, 4) is 5.75 Å². The van der Waals surface area contributed by atoms with E-state index in [1.807, 2.05) is 18.2 Å². The highest BCUT2D eigenvalue weighted by molar-refractivity contribution is 5.91. The number of hydrogen-bond acceptors (Lipinski definition) is 4. The summed E-state index contributed by atoms with van der Waals surface area (Å²) in [5.41, 5.74) is 0.608. The summed E-state index contributed by atoms with van der Waals surface area (Å²) in [6.07, 6.45) is 1.63. The molecule has 28 heavy (non-hydrogen) atoms. The third-order valence-electron chi connectivity index (χ3n) is 5.10. The molecule has 2 heterocycles. The van der Waals surface area contributed by atoms with Crippen molar-refractivity contribution in [2.75, 3.05) is 51.3 Å². The van der Waals surface area contributed by atoms with Gasteiger partial charge in [-0.05, 0) is 37.8 Å². The van der Waals surface area contributed by atoms with Crippen LogP contribution in [0.1, 0.15) is 25.7 Å². The lowest BCUT2D eigenvalue weighted by Gasteiger charge is -2.24. The topological polar surface area (TPSA) is 54.0 Å². The molecule has 0 aromatic heterocycles. The number of para-hydroxylation sites is 2. The molecule has 0 saturated carbocycles. The van der Waals surface area contributed by atoms with Gasteiger partial charge < -0.3 is 19.7 Å². The number of amides is 2. The second-order valence-corrected chi connectivity index (χ2v) is 7.26. The number of alkyl halides is 2. The van der Waals surface area contributed by atoms with Crippen LogP contribution in [0, 0.1) is 0 Å². The summed E-state index contributed by atoms with van der Waals surface area (Å²) in [6.45, 7) is 2.99. The van der Waals surface area contributed by atoms with Crippen molar-refractivity contribution >= 4 is 11.7 Å². The van der Waals surface area contributed by atoms with Crippen molar-refractivity contribution < 1.29 is 23.0 Å². The normalized spacial score (nSPS) is 21.4. The number of halogens is 2. The van der Waals surface area contributed by atoms with Gasteiger partial charge >= 0.3 is 6.03 Å². The highest BCUT2D eigenvalue weighted by Gasteiger charge is 2.22.